The highest BCUT2D eigenvalue weighted by Crippen LogP contribution is 2.46. The number of nitrogens with zero attached hydrogens (tertiary/aromatic N) is 1. The molecule has 3 rings (SSSR count). The quantitative estimate of drug-likeness (QED) is 0.825. The summed E-state index contributed by atoms with van der Waals surface area (Å²) >= 11 is 0. The molecular weight excluding hydrogens is 220 g/mol. The molecule has 2 saturated carbocycles. The smallest absolute Gasteiger partial charge is 0.0274 e. The number of likely N-dealkylation sites (tertiary alicyclic amines) is 1. The van der Waals surface area contributed by atoms with Crippen molar-refractivity contribution in [2.24, 2.45) is 11.3 Å². The van der Waals surface area contributed by atoms with Crippen LogP contribution in [0, 0.1) is 11.3 Å². The third kappa shape index (κ3) is 2.12. The van der Waals surface area contributed by atoms with Gasteiger partial charge in [-0.3, -0.25) is 4.90 Å². The van der Waals surface area contributed by atoms with Crippen LogP contribution in [0.2, 0.25) is 0 Å². The fourth-order valence-electron chi connectivity index (χ4n) is 4.80. The van der Waals surface area contributed by atoms with Gasteiger partial charge in [-0.05, 0) is 56.4 Å². The molecule has 2 aliphatic carbocycles. The van der Waals surface area contributed by atoms with Gasteiger partial charge >= 0.3 is 0 Å². The van der Waals surface area contributed by atoms with Gasteiger partial charge in [0.1, 0.15) is 0 Å². The maximum Gasteiger partial charge on any atom is 0.0274 e. The van der Waals surface area contributed by atoms with Crippen molar-refractivity contribution < 1.29 is 0 Å². The minimum atomic E-state index is 0.488. The molecule has 0 aromatic rings. The first-order chi connectivity index (χ1) is 8.62. The minimum absolute atomic E-state index is 0.488. The first kappa shape index (κ1) is 12.9. The summed E-state index contributed by atoms with van der Waals surface area (Å²) in [6.45, 7) is 9.80. The lowest BCUT2D eigenvalue weighted by Gasteiger charge is -2.40. The van der Waals surface area contributed by atoms with Crippen LogP contribution in [0.4, 0.5) is 0 Å². The van der Waals surface area contributed by atoms with Crippen LogP contribution in [-0.2, 0) is 0 Å². The second-order valence-electron chi connectivity index (χ2n) is 7.56. The van der Waals surface area contributed by atoms with E-state index in [-0.39, 0.29) is 0 Å². The molecule has 2 bridgehead atoms. The zero-order valence-electron chi connectivity index (χ0n) is 12.4. The van der Waals surface area contributed by atoms with E-state index >= 15 is 0 Å². The van der Waals surface area contributed by atoms with Crippen LogP contribution in [0.5, 0.6) is 0 Å². The summed E-state index contributed by atoms with van der Waals surface area (Å²) in [5.41, 5.74) is 0.488. The van der Waals surface area contributed by atoms with Gasteiger partial charge in [-0.2, -0.15) is 0 Å². The third-order valence-corrected chi connectivity index (χ3v) is 5.80. The fourth-order valence-corrected chi connectivity index (χ4v) is 4.80. The van der Waals surface area contributed by atoms with Crippen LogP contribution in [0.25, 0.3) is 0 Å². The number of rotatable bonds is 4. The Kier molecular flexibility index (Phi) is 3.44. The largest absolute Gasteiger partial charge is 0.312 e. The van der Waals surface area contributed by atoms with Crippen molar-refractivity contribution >= 4 is 0 Å². The first-order valence-electron chi connectivity index (χ1n) is 8.11. The maximum absolute atomic E-state index is 3.87. The van der Waals surface area contributed by atoms with E-state index in [4.69, 9.17) is 0 Å². The molecule has 0 aromatic carbocycles. The second-order valence-corrected chi connectivity index (χ2v) is 7.56. The van der Waals surface area contributed by atoms with Crippen molar-refractivity contribution in [2.75, 3.05) is 13.1 Å². The SMILES string of the molecule is CCCNC1C(N2CC3CCC2C3)CCC1(C)C. The lowest BCUT2D eigenvalue weighted by atomic mass is 9.86. The molecule has 0 spiro atoms. The number of hydrogen-bond acceptors (Lipinski definition) is 2. The lowest BCUT2D eigenvalue weighted by Crippen LogP contribution is -2.53. The van der Waals surface area contributed by atoms with Crippen molar-refractivity contribution in [1.29, 1.82) is 0 Å². The molecule has 104 valence electrons. The van der Waals surface area contributed by atoms with Crippen molar-refractivity contribution in [3.8, 4) is 0 Å². The van der Waals surface area contributed by atoms with Gasteiger partial charge in [0.25, 0.3) is 0 Å². The lowest BCUT2D eigenvalue weighted by molar-refractivity contribution is 0.111. The molecule has 0 aromatic heterocycles. The molecule has 3 fully saturated rings. The molecule has 2 nitrogen and oxygen atoms in total. The summed E-state index contributed by atoms with van der Waals surface area (Å²) < 4.78 is 0. The molecule has 4 unspecified atom stereocenters. The predicted molar refractivity (Wildman–Crippen MR) is 76.7 cm³/mol. The molecule has 1 heterocycles. The maximum atomic E-state index is 3.87. The molecule has 1 N–H and O–H groups in total. The Balaban J connectivity index is 1.70. The van der Waals surface area contributed by atoms with Crippen LogP contribution >= 0.6 is 0 Å². The summed E-state index contributed by atoms with van der Waals surface area (Å²) in [4.78, 5) is 2.89. The summed E-state index contributed by atoms with van der Waals surface area (Å²) in [5, 5.41) is 3.87. The Bertz CT molecular complexity index is 299. The van der Waals surface area contributed by atoms with Crippen LogP contribution in [0.3, 0.4) is 0 Å². The normalized spacial score (nSPS) is 42.8. The molecular formula is C16H30N2. The molecule has 1 aliphatic heterocycles. The molecule has 1 saturated heterocycles. The van der Waals surface area contributed by atoms with Crippen molar-refractivity contribution in [1.82, 2.24) is 10.2 Å². The molecule has 18 heavy (non-hydrogen) atoms. The van der Waals surface area contributed by atoms with E-state index in [1.807, 2.05) is 0 Å². The Morgan fingerprint density at radius 3 is 2.67 bits per heavy atom. The van der Waals surface area contributed by atoms with Crippen LogP contribution in [-0.4, -0.2) is 36.1 Å². The summed E-state index contributed by atoms with van der Waals surface area (Å²) in [7, 11) is 0. The first-order valence-corrected chi connectivity index (χ1v) is 8.11. The highest BCUT2D eigenvalue weighted by Gasteiger charge is 2.49. The highest BCUT2D eigenvalue weighted by molar-refractivity contribution is 5.05. The zero-order valence-corrected chi connectivity index (χ0v) is 12.4. The van der Waals surface area contributed by atoms with Crippen molar-refractivity contribution in [2.45, 2.75) is 77.4 Å². The Morgan fingerprint density at radius 1 is 1.22 bits per heavy atom. The van der Waals surface area contributed by atoms with Gasteiger partial charge < -0.3 is 5.32 Å². The van der Waals surface area contributed by atoms with Crippen LogP contribution in [0.15, 0.2) is 0 Å². The van der Waals surface area contributed by atoms with E-state index in [0.717, 1.165) is 24.0 Å². The monoisotopic (exact) mass is 250 g/mol. The average Bonchev–Trinajstić information content (AvgIpc) is 3.00. The minimum Gasteiger partial charge on any atom is -0.312 e. The van der Waals surface area contributed by atoms with Gasteiger partial charge in [-0.15, -0.1) is 0 Å². The Labute approximate surface area is 113 Å². The van der Waals surface area contributed by atoms with Gasteiger partial charge in [0.15, 0.2) is 0 Å². The Morgan fingerprint density at radius 2 is 2.06 bits per heavy atom. The molecule has 0 amide bonds. The summed E-state index contributed by atoms with van der Waals surface area (Å²) in [5.74, 6) is 1.03. The Hall–Kier alpha value is -0.0800. The standard InChI is InChI=1S/C16H30N2/c1-4-9-17-15-14(7-8-16(15,2)3)18-11-12-5-6-13(18)10-12/h12-15,17H,4-11H2,1-3H3. The summed E-state index contributed by atoms with van der Waals surface area (Å²) in [6, 6.07) is 2.47. The van der Waals surface area contributed by atoms with E-state index in [0.29, 0.717) is 5.41 Å². The molecule has 3 aliphatic rings. The third-order valence-electron chi connectivity index (χ3n) is 5.80. The van der Waals surface area contributed by atoms with Crippen molar-refractivity contribution in [3.63, 3.8) is 0 Å². The van der Waals surface area contributed by atoms with Crippen LogP contribution < -0.4 is 5.32 Å². The molecule has 4 atom stereocenters. The summed E-state index contributed by atoms with van der Waals surface area (Å²) in [6.07, 6.45) is 8.54. The van der Waals surface area contributed by atoms with Crippen LogP contribution in [0.1, 0.15) is 59.3 Å². The number of hydrogen-bond donors (Lipinski definition) is 1. The topological polar surface area (TPSA) is 15.3 Å². The second kappa shape index (κ2) is 4.79. The van der Waals surface area contributed by atoms with Gasteiger partial charge in [-0.1, -0.05) is 20.8 Å². The van der Waals surface area contributed by atoms with Gasteiger partial charge in [0, 0.05) is 24.7 Å². The van der Waals surface area contributed by atoms with E-state index in [2.05, 4.69) is 31.0 Å². The number of fused-ring (bicyclic) bond motifs is 2. The number of piperidine rings is 1. The number of nitrogens with one attached hydrogen (secondary N) is 1. The molecule has 2 heteroatoms. The van der Waals surface area contributed by atoms with Gasteiger partial charge in [0.05, 0.1) is 0 Å². The zero-order chi connectivity index (χ0) is 12.8. The highest BCUT2D eigenvalue weighted by atomic mass is 15.3. The van der Waals surface area contributed by atoms with E-state index in [1.54, 1.807) is 0 Å². The van der Waals surface area contributed by atoms with Gasteiger partial charge in [0.2, 0.25) is 0 Å². The van der Waals surface area contributed by atoms with Crippen molar-refractivity contribution in [3.05, 3.63) is 0 Å². The van der Waals surface area contributed by atoms with Gasteiger partial charge in [-0.25, -0.2) is 0 Å². The van der Waals surface area contributed by atoms with E-state index in [9.17, 15) is 0 Å². The predicted octanol–water partition coefficient (Wildman–Crippen LogP) is 3.03. The molecule has 0 radical (unpaired) electrons. The van der Waals surface area contributed by atoms with E-state index < -0.39 is 0 Å². The fraction of sp³-hybridized carbons (Fsp3) is 1.00. The average molecular weight is 250 g/mol. The van der Waals surface area contributed by atoms with E-state index in [1.165, 1.54) is 51.6 Å².